The molecule has 0 radical (unpaired) electrons. The first kappa shape index (κ1) is 13.9. The van der Waals surface area contributed by atoms with Crippen LogP contribution >= 0.6 is 0 Å². The van der Waals surface area contributed by atoms with Crippen LogP contribution in [-0.2, 0) is 6.54 Å². The van der Waals surface area contributed by atoms with Gasteiger partial charge in [0.2, 0.25) is 0 Å². The Morgan fingerprint density at radius 1 is 1.05 bits per heavy atom. The van der Waals surface area contributed by atoms with Crippen molar-refractivity contribution in [3.63, 3.8) is 0 Å². The van der Waals surface area contributed by atoms with Crippen LogP contribution in [0.25, 0.3) is 0 Å². The molecule has 0 heterocycles. The van der Waals surface area contributed by atoms with Crippen molar-refractivity contribution < 1.29 is 4.79 Å². The van der Waals surface area contributed by atoms with Crippen LogP contribution in [0.3, 0.4) is 0 Å². The normalized spacial score (nSPS) is 10.1. The third-order valence-corrected chi connectivity index (χ3v) is 3.03. The number of hydrogen-bond donors (Lipinski definition) is 3. The minimum Gasteiger partial charge on any atom is -0.397 e. The Kier molecular flexibility index (Phi) is 4.25. The van der Waals surface area contributed by atoms with Gasteiger partial charge in [-0.15, -0.1) is 0 Å². The molecule has 0 saturated heterocycles. The number of aryl methyl sites for hydroxylation is 2. The number of amides is 2. The fourth-order valence-electron chi connectivity index (χ4n) is 1.85. The number of rotatable bonds is 3. The van der Waals surface area contributed by atoms with Gasteiger partial charge in [0.1, 0.15) is 0 Å². The standard InChI is InChI=1S/C16H19N3O/c1-11-3-6-13(7-4-11)10-18-16(20)19-15-8-5-12(2)9-14(15)17/h3-9H,10,17H2,1-2H3,(H2,18,19,20). The van der Waals surface area contributed by atoms with Crippen molar-refractivity contribution in [1.82, 2.24) is 5.32 Å². The number of hydrogen-bond acceptors (Lipinski definition) is 2. The minimum absolute atomic E-state index is 0.263. The first-order valence-corrected chi connectivity index (χ1v) is 6.51. The molecule has 0 saturated carbocycles. The molecule has 2 rings (SSSR count). The molecule has 2 amide bonds. The highest BCUT2D eigenvalue weighted by Crippen LogP contribution is 2.19. The highest BCUT2D eigenvalue weighted by atomic mass is 16.2. The highest BCUT2D eigenvalue weighted by Gasteiger charge is 2.04. The zero-order valence-electron chi connectivity index (χ0n) is 11.7. The molecule has 4 heteroatoms. The summed E-state index contributed by atoms with van der Waals surface area (Å²) in [6.07, 6.45) is 0. The molecule has 104 valence electrons. The Bertz CT molecular complexity index is 606. The summed E-state index contributed by atoms with van der Waals surface area (Å²) in [6.45, 7) is 4.47. The molecule has 0 atom stereocenters. The Morgan fingerprint density at radius 2 is 1.70 bits per heavy atom. The van der Waals surface area contributed by atoms with Crippen molar-refractivity contribution in [3.8, 4) is 0 Å². The molecule has 4 nitrogen and oxygen atoms in total. The number of nitrogen functional groups attached to an aromatic ring is 1. The fraction of sp³-hybridized carbons (Fsp3) is 0.188. The second kappa shape index (κ2) is 6.10. The molecule has 20 heavy (non-hydrogen) atoms. The van der Waals surface area contributed by atoms with Gasteiger partial charge in [-0.1, -0.05) is 35.9 Å². The van der Waals surface area contributed by atoms with Gasteiger partial charge in [0, 0.05) is 6.54 Å². The van der Waals surface area contributed by atoms with E-state index in [1.807, 2.05) is 50.2 Å². The highest BCUT2D eigenvalue weighted by molar-refractivity contribution is 5.92. The molecule has 0 aliphatic rings. The van der Waals surface area contributed by atoms with E-state index in [1.165, 1.54) is 5.56 Å². The van der Waals surface area contributed by atoms with Gasteiger partial charge in [-0.05, 0) is 37.1 Å². The molecule has 0 unspecified atom stereocenters. The van der Waals surface area contributed by atoms with E-state index in [9.17, 15) is 4.79 Å². The number of benzene rings is 2. The van der Waals surface area contributed by atoms with Gasteiger partial charge < -0.3 is 16.4 Å². The summed E-state index contributed by atoms with van der Waals surface area (Å²) >= 11 is 0. The molecule has 0 spiro atoms. The predicted molar refractivity (Wildman–Crippen MR) is 82.6 cm³/mol. The number of carbonyl (C=O) groups excluding carboxylic acids is 1. The number of nitrogens with one attached hydrogen (secondary N) is 2. The van der Waals surface area contributed by atoms with E-state index >= 15 is 0 Å². The average molecular weight is 269 g/mol. The van der Waals surface area contributed by atoms with E-state index in [2.05, 4.69) is 10.6 Å². The third kappa shape index (κ3) is 3.75. The van der Waals surface area contributed by atoms with Crippen LogP contribution in [0.2, 0.25) is 0 Å². The minimum atomic E-state index is -0.263. The monoisotopic (exact) mass is 269 g/mol. The topological polar surface area (TPSA) is 67.2 Å². The van der Waals surface area contributed by atoms with Gasteiger partial charge in [0.15, 0.2) is 0 Å². The van der Waals surface area contributed by atoms with Crippen LogP contribution in [0.4, 0.5) is 16.2 Å². The first-order chi connectivity index (χ1) is 9.54. The van der Waals surface area contributed by atoms with Crippen molar-refractivity contribution in [2.75, 3.05) is 11.1 Å². The van der Waals surface area contributed by atoms with Gasteiger partial charge in [0.25, 0.3) is 0 Å². The Hall–Kier alpha value is -2.49. The Morgan fingerprint density at radius 3 is 2.35 bits per heavy atom. The number of nitrogens with two attached hydrogens (primary N) is 1. The maximum atomic E-state index is 11.8. The van der Waals surface area contributed by atoms with Crippen molar-refractivity contribution in [3.05, 3.63) is 59.2 Å². The van der Waals surface area contributed by atoms with E-state index in [1.54, 1.807) is 6.07 Å². The van der Waals surface area contributed by atoms with Crippen LogP contribution in [0.5, 0.6) is 0 Å². The second-order valence-corrected chi connectivity index (χ2v) is 4.88. The SMILES string of the molecule is Cc1ccc(CNC(=O)Nc2ccc(C)cc2N)cc1. The van der Waals surface area contributed by atoms with Gasteiger partial charge in [-0.2, -0.15) is 0 Å². The van der Waals surface area contributed by atoms with E-state index in [4.69, 9.17) is 5.73 Å². The van der Waals surface area contributed by atoms with E-state index in [0.29, 0.717) is 17.9 Å². The second-order valence-electron chi connectivity index (χ2n) is 4.88. The largest absolute Gasteiger partial charge is 0.397 e. The van der Waals surface area contributed by atoms with Gasteiger partial charge in [-0.3, -0.25) is 0 Å². The fourth-order valence-corrected chi connectivity index (χ4v) is 1.85. The third-order valence-electron chi connectivity index (χ3n) is 3.03. The van der Waals surface area contributed by atoms with Crippen molar-refractivity contribution in [2.45, 2.75) is 20.4 Å². The van der Waals surface area contributed by atoms with Crippen molar-refractivity contribution in [2.24, 2.45) is 0 Å². The molecule has 4 N–H and O–H groups in total. The molecule has 0 fully saturated rings. The Balaban J connectivity index is 1.90. The zero-order chi connectivity index (χ0) is 14.5. The van der Waals surface area contributed by atoms with Crippen LogP contribution in [-0.4, -0.2) is 6.03 Å². The summed E-state index contributed by atoms with van der Waals surface area (Å²) in [4.78, 5) is 11.8. The molecular weight excluding hydrogens is 250 g/mol. The van der Waals surface area contributed by atoms with Gasteiger partial charge in [0.05, 0.1) is 11.4 Å². The number of urea groups is 1. The van der Waals surface area contributed by atoms with Gasteiger partial charge >= 0.3 is 6.03 Å². The smallest absolute Gasteiger partial charge is 0.319 e. The van der Waals surface area contributed by atoms with Crippen molar-refractivity contribution >= 4 is 17.4 Å². The summed E-state index contributed by atoms with van der Waals surface area (Å²) in [6, 6.07) is 13.3. The maximum absolute atomic E-state index is 11.8. The zero-order valence-corrected chi connectivity index (χ0v) is 11.7. The maximum Gasteiger partial charge on any atom is 0.319 e. The summed E-state index contributed by atoms with van der Waals surface area (Å²) in [5.41, 5.74) is 10.4. The van der Waals surface area contributed by atoms with E-state index < -0.39 is 0 Å². The van der Waals surface area contributed by atoms with Crippen LogP contribution in [0.1, 0.15) is 16.7 Å². The van der Waals surface area contributed by atoms with Crippen molar-refractivity contribution in [1.29, 1.82) is 0 Å². The summed E-state index contributed by atoms with van der Waals surface area (Å²) in [5.74, 6) is 0. The summed E-state index contributed by atoms with van der Waals surface area (Å²) in [5, 5.41) is 5.55. The lowest BCUT2D eigenvalue weighted by molar-refractivity contribution is 0.252. The van der Waals surface area contributed by atoms with Crippen LogP contribution < -0.4 is 16.4 Å². The lowest BCUT2D eigenvalue weighted by Crippen LogP contribution is -2.28. The lowest BCUT2D eigenvalue weighted by Gasteiger charge is -2.10. The molecule has 2 aromatic rings. The van der Waals surface area contributed by atoms with Crippen LogP contribution in [0.15, 0.2) is 42.5 Å². The first-order valence-electron chi connectivity index (χ1n) is 6.51. The molecular formula is C16H19N3O. The molecule has 0 aromatic heterocycles. The molecule has 0 bridgehead atoms. The quantitative estimate of drug-likeness (QED) is 0.749. The van der Waals surface area contributed by atoms with Crippen LogP contribution in [0, 0.1) is 13.8 Å². The molecule has 0 aliphatic carbocycles. The number of anilines is 2. The molecule has 2 aromatic carbocycles. The average Bonchev–Trinajstić information content (AvgIpc) is 2.41. The number of carbonyl (C=O) groups is 1. The molecule has 0 aliphatic heterocycles. The Labute approximate surface area is 119 Å². The van der Waals surface area contributed by atoms with E-state index in [0.717, 1.165) is 11.1 Å². The summed E-state index contributed by atoms with van der Waals surface area (Å²) < 4.78 is 0. The predicted octanol–water partition coefficient (Wildman–Crippen LogP) is 3.21. The lowest BCUT2D eigenvalue weighted by atomic mass is 10.1. The summed E-state index contributed by atoms with van der Waals surface area (Å²) in [7, 11) is 0. The van der Waals surface area contributed by atoms with E-state index in [-0.39, 0.29) is 6.03 Å². The van der Waals surface area contributed by atoms with Gasteiger partial charge in [-0.25, -0.2) is 4.79 Å².